The third-order valence-corrected chi connectivity index (χ3v) is 17.8. The van der Waals surface area contributed by atoms with Gasteiger partial charge in [0.05, 0.1) is 5.41 Å². The number of nitrogens with zero attached hydrogens (tertiary/aromatic N) is 1. The van der Waals surface area contributed by atoms with Gasteiger partial charge in [0.1, 0.15) is 20.3 Å². The van der Waals surface area contributed by atoms with Crippen molar-refractivity contribution in [3.05, 3.63) is 301 Å². The SMILES string of the molecule is c1ccc(-c2ccc(-c3ccc(N(c4ccccc4)c4cccc(-c5ccc(-c6ccc7c(c6)C6(c8ccccc8Oc8ccccc86)c6ccccc6[SiH]7c6ccccc6)cc5)c4)cc3)cc2)cc1. The fraction of sp³-hybridized carbons (Fsp3) is 0.0149. The summed E-state index contributed by atoms with van der Waals surface area (Å²) in [7, 11) is -1.90. The number of ether oxygens (including phenoxy) is 1. The Kier molecular flexibility index (Phi) is 10.3. The molecule has 0 aliphatic carbocycles. The molecule has 0 saturated carbocycles. The van der Waals surface area contributed by atoms with Crippen LogP contribution in [0.3, 0.4) is 0 Å². The smallest absolute Gasteiger partial charge is 0.133 e. The third kappa shape index (κ3) is 7.01. The molecule has 330 valence electrons. The Balaban J connectivity index is 0.873. The van der Waals surface area contributed by atoms with Crippen molar-refractivity contribution in [2.75, 3.05) is 4.90 Å². The lowest BCUT2D eigenvalue weighted by Gasteiger charge is -2.47. The Hall–Kier alpha value is -8.76. The topological polar surface area (TPSA) is 12.5 Å². The van der Waals surface area contributed by atoms with Gasteiger partial charge in [0.15, 0.2) is 0 Å². The minimum absolute atomic E-state index is 0.564. The first-order chi connectivity index (χ1) is 34.7. The molecule has 2 aliphatic rings. The highest BCUT2D eigenvalue weighted by molar-refractivity contribution is 6.96. The molecule has 0 radical (unpaired) electrons. The van der Waals surface area contributed by atoms with Crippen molar-refractivity contribution in [2.45, 2.75) is 5.41 Å². The van der Waals surface area contributed by atoms with Crippen molar-refractivity contribution in [1.82, 2.24) is 0 Å². The number of para-hydroxylation sites is 3. The van der Waals surface area contributed by atoms with Crippen LogP contribution in [0.1, 0.15) is 22.3 Å². The molecule has 0 saturated heterocycles. The summed E-state index contributed by atoms with van der Waals surface area (Å²) in [5, 5.41) is 4.33. The molecule has 2 nitrogen and oxygen atoms in total. The maximum Gasteiger partial charge on any atom is 0.133 e. The van der Waals surface area contributed by atoms with Gasteiger partial charge in [-0.3, -0.25) is 0 Å². The van der Waals surface area contributed by atoms with Gasteiger partial charge in [0.25, 0.3) is 0 Å². The average Bonchev–Trinajstić information content (AvgIpc) is 3.44. The van der Waals surface area contributed by atoms with E-state index in [-0.39, 0.29) is 0 Å². The van der Waals surface area contributed by atoms with Crippen LogP contribution in [0, 0.1) is 0 Å². The van der Waals surface area contributed by atoms with E-state index in [9.17, 15) is 0 Å². The predicted octanol–water partition coefficient (Wildman–Crippen LogP) is 14.9. The summed E-state index contributed by atoms with van der Waals surface area (Å²) in [5.74, 6) is 1.82. The molecule has 2 aliphatic heterocycles. The van der Waals surface area contributed by atoms with Crippen LogP contribution in [0.4, 0.5) is 17.1 Å². The van der Waals surface area contributed by atoms with E-state index in [0.29, 0.717) is 0 Å². The number of benzene rings is 11. The molecule has 1 spiro atoms. The zero-order valence-corrected chi connectivity index (χ0v) is 39.6. The van der Waals surface area contributed by atoms with Crippen LogP contribution in [-0.4, -0.2) is 8.80 Å². The molecule has 0 aromatic heterocycles. The van der Waals surface area contributed by atoms with Crippen LogP contribution >= 0.6 is 0 Å². The zero-order chi connectivity index (χ0) is 46.4. The third-order valence-electron chi connectivity index (χ3n) is 14.5. The summed E-state index contributed by atoms with van der Waals surface area (Å²) in [6.07, 6.45) is 0. The number of hydrogen-bond acceptors (Lipinski definition) is 2. The van der Waals surface area contributed by atoms with Gasteiger partial charge >= 0.3 is 0 Å². The molecular weight excluding hydrogens is 863 g/mol. The molecule has 3 heteroatoms. The van der Waals surface area contributed by atoms with Gasteiger partial charge in [-0.1, -0.05) is 230 Å². The van der Waals surface area contributed by atoms with E-state index >= 15 is 0 Å². The van der Waals surface area contributed by atoms with Gasteiger partial charge in [-0.25, -0.2) is 0 Å². The van der Waals surface area contributed by atoms with E-state index < -0.39 is 14.2 Å². The highest BCUT2D eigenvalue weighted by atomic mass is 28.3. The predicted molar refractivity (Wildman–Crippen MR) is 294 cm³/mol. The molecule has 0 N–H and O–H groups in total. The van der Waals surface area contributed by atoms with Crippen molar-refractivity contribution in [3.8, 4) is 56.0 Å². The zero-order valence-electron chi connectivity index (χ0n) is 38.5. The summed E-state index contributed by atoms with van der Waals surface area (Å²) in [4.78, 5) is 2.35. The molecule has 0 fully saturated rings. The summed E-state index contributed by atoms with van der Waals surface area (Å²) in [6, 6.07) is 102. The summed E-state index contributed by atoms with van der Waals surface area (Å²) < 4.78 is 6.73. The fourth-order valence-corrected chi connectivity index (χ4v) is 14.8. The van der Waals surface area contributed by atoms with Crippen molar-refractivity contribution in [3.63, 3.8) is 0 Å². The van der Waals surface area contributed by atoms with E-state index in [0.717, 1.165) is 34.1 Å². The van der Waals surface area contributed by atoms with E-state index in [1.807, 2.05) is 0 Å². The molecular formula is C67H47NOSi. The monoisotopic (exact) mass is 909 g/mol. The van der Waals surface area contributed by atoms with Gasteiger partial charge in [0.2, 0.25) is 0 Å². The highest BCUT2D eigenvalue weighted by Gasteiger charge is 2.51. The highest BCUT2D eigenvalue weighted by Crippen LogP contribution is 2.56. The maximum absolute atomic E-state index is 6.73. The maximum atomic E-state index is 6.73. The second kappa shape index (κ2) is 17.4. The second-order valence-electron chi connectivity index (χ2n) is 18.4. The first-order valence-corrected chi connectivity index (χ1v) is 25.9. The summed E-state index contributed by atoms with van der Waals surface area (Å²) >= 11 is 0. The van der Waals surface area contributed by atoms with Crippen LogP contribution in [0.2, 0.25) is 0 Å². The van der Waals surface area contributed by atoms with Gasteiger partial charge in [-0.15, -0.1) is 0 Å². The number of fused-ring (bicyclic) bond motifs is 8. The first kappa shape index (κ1) is 41.4. The van der Waals surface area contributed by atoms with Gasteiger partial charge < -0.3 is 9.64 Å². The van der Waals surface area contributed by atoms with E-state index in [4.69, 9.17) is 4.74 Å². The Morgan fingerprint density at radius 1 is 0.271 bits per heavy atom. The minimum Gasteiger partial charge on any atom is -0.457 e. The summed E-state index contributed by atoms with van der Waals surface area (Å²) in [6.45, 7) is 0. The van der Waals surface area contributed by atoms with Gasteiger partial charge in [-0.2, -0.15) is 0 Å². The standard InChI is InChI=1S/C67H47NOSi/c1-4-17-47(18-5-1)48-31-33-49(34-32-48)50-39-42-56(43-40-50)68(55-20-6-2-7-21-55)57-22-16-19-53(45-57)51-35-37-52(38-36-51)54-41-44-66-62(46-54)67(59-25-10-13-28-63(59)69-64-29-14-11-26-60(64)67)61-27-12-15-30-65(61)70(66)58-23-8-3-9-24-58/h1-46,70H. The second-order valence-corrected chi connectivity index (χ2v) is 21.1. The van der Waals surface area contributed by atoms with Crippen LogP contribution in [-0.2, 0) is 5.41 Å². The van der Waals surface area contributed by atoms with E-state index in [1.165, 1.54) is 76.8 Å². The number of rotatable bonds is 8. The summed E-state index contributed by atoms with van der Waals surface area (Å²) in [5.41, 5.74) is 17.3. The van der Waals surface area contributed by atoms with Crippen LogP contribution in [0.5, 0.6) is 11.5 Å². The first-order valence-electron chi connectivity index (χ1n) is 24.2. The van der Waals surface area contributed by atoms with Gasteiger partial charge in [0, 0.05) is 28.2 Å². The fourth-order valence-electron chi connectivity index (χ4n) is 11.3. The van der Waals surface area contributed by atoms with E-state index in [2.05, 4.69) is 284 Å². The van der Waals surface area contributed by atoms with Crippen molar-refractivity contribution >= 4 is 41.4 Å². The quantitative estimate of drug-likeness (QED) is 0.141. The molecule has 13 rings (SSSR count). The average molecular weight is 910 g/mol. The molecule has 70 heavy (non-hydrogen) atoms. The number of anilines is 3. The lowest BCUT2D eigenvalue weighted by molar-refractivity contribution is 0.435. The molecule has 2 heterocycles. The van der Waals surface area contributed by atoms with E-state index in [1.54, 1.807) is 0 Å². The Bertz CT molecular complexity index is 3620. The number of hydrogen-bond donors (Lipinski definition) is 0. The van der Waals surface area contributed by atoms with Crippen molar-refractivity contribution in [2.24, 2.45) is 0 Å². The Morgan fingerprint density at radius 3 is 1.29 bits per heavy atom. The van der Waals surface area contributed by atoms with Gasteiger partial charge in [-0.05, 0) is 121 Å². The lowest BCUT2D eigenvalue weighted by atomic mass is 9.63. The molecule has 1 unspecified atom stereocenters. The Morgan fingerprint density at radius 2 is 0.671 bits per heavy atom. The molecule has 0 amide bonds. The van der Waals surface area contributed by atoms with Crippen LogP contribution in [0.15, 0.2) is 279 Å². The minimum atomic E-state index is -1.90. The molecule has 1 atom stereocenters. The van der Waals surface area contributed by atoms with Crippen LogP contribution < -0.4 is 25.2 Å². The van der Waals surface area contributed by atoms with Crippen molar-refractivity contribution < 1.29 is 4.74 Å². The normalized spacial score (nSPS) is 13.8. The molecule has 0 bridgehead atoms. The van der Waals surface area contributed by atoms with Crippen LogP contribution in [0.25, 0.3) is 44.5 Å². The Labute approximate surface area is 411 Å². The molecule has 11 aromatic carbocycles. The van der Waals surface area contributed by atoms with Crippen molar-refractivity contribution in [1.29, 1.82) is 0 Å². The largest absolute Gasteiger partial charge is 0.457 e. The lowest BCUT2D eigenvalue weighted by Crippen LogP contribution is -2.62. The molecule has 11 aromatic rings.